The molecule has 0 saturated carbocycles. The largest absolute Gasteiger partial charge is 0.326 e. The number of hydrogen-bond acceptors (Lipinski definition) is 3. The number of hydrogen-bond donors (Lipinski definition) is 1. The maximum absolute atomic E-state index is 6.25. The van der Waals surface area contributed by atoms with Gasteiger partial charge in [-0.05, 0) is 49.8 Å². The van der Waals surface area contributed by atoms with Crippen molar-refractivity contribution in [1.29, 1.82) is 0 Å². The highest BCUT2D eigenvalue weighted by molar-refractivity contribution is 7.99. The van der Waals surface area contributed by atoms with Crippen LogP contribution in [0.3, 0.4) is 0 Å². The average molecular weight is 214 g/mol. The molecule has 0 radical (unpaired) electrons. The van der Waals surface area contributed by atoms with Gasteiger partial charge in [0.25, 0.3) is 0 Å². The smallest absolute Gasteiger partial charge is 0.0204 e. The van der Waals surface area contributed by atoms with Crippen molar-refractivity contribution in [2.24, 2.45) is 11.7 Å². The van der Waals surface area contributed by atoms with E-state index in [0.717, 1.165) is 12.5 Å². The van der Waals surface area contributed by atoms with E-state index in [4.69, 9.17) is 5.73 Å². The summed E-state index contributed by atoms with van der Waals surface area (Å²) in [5, 5.41) is 0. The Balaban J connectivity index is 1.72. The van der Waals surface area contributed by atoms with Gasteiger partial charge in [0.05, 0.1) is 0 Å². The molecule has 0 aromatic heterocycles. The van der Waals surface area contributed by atoms with E-state index >= 15 is 0 Å². The highest BCUT2D eigenvalue weighted by Crippen LogP contribution is 2.26. The van der Waals surface area contributed by atoms with Gasteiger partial charge in [0.15, 0.2) is 0 Å². The van der Waals surface area contributed by atoms with Crippen LogP contribution < -0.4 is 5.73 Å². The lowest BCUT2D eigenvalue weighted by Crippen LogP contribution is -2.44. The highest BCUT2D eigenvalue weighted by Gasteiger charge is 2.24. The van der Waals surface area contributed by atoms with Gasteiger partial charge in [-0.1, -0.05) is 6.42 Å². The zero-order chi connectivity index (χ0) is 9.80. The van der Waals surface area contributed by atoms with Crippen LogP contribution in [0.2, 0.25) is 0 Å². The quantitative estimate of drug-likeness (QED) is 0.773. The fourth-order valence-corrected chi connectivity index (χ4v) is 3.83. The summed E-state index contributed by atoms with van der Waals surface area (Å²) in [7, 11) is 0. The number of nitrogens with zero attached hydrogens (tertiary/aromatic N) is 1. The van der Waals surface area contributed by atoms with Crippen molar-refractivity contribution in [3.8, 4) is 0 Å². The Morgan fingerprint density at radius 3 is 2.71 bits per heavy atom. The van der Waals surface area contributed by atoms with E-state index < -0.39 is 0 Å². The Morgan fingerprint density at radius 2 is 2.07 bits per heavy atom. The van der Waals surface area contributed by atoms with E-state index in [1.54, 1.807) is 0 Å². The van der Waals surface area contributed by atoms with Gasteiger partial charge >= 0.3 is 0 Å². The molecule has 2 atom stereocenters. The number of likely N-dealkylation sites (tertiary alicyclic amines) is 1. The molecule has 0 aliphatic carbocycles. The first kappa shape index (κ1) is 10.8. The number of nitrogens with two attached hydrogens (primary N) is 1. The molecule has 0 spiro atoms. The van der Waals surface area contributed by atoms with Crippen LogP contribution in [0.25, 0.3) is 0 Å². The van der Waals surface area contributed by atoms with Crippen molar-refractivity contribution in [2.45, 2.75) is 31.7 Å². The van der Waals surface area contributed by atoms with Crippen LogP contribution in [0.4, 0.5) is 0 Å². The standard InChI is InChI=1S/C11H22N2S/c12-11(10-4-7-14-9-10)8-13-5-2-1-3-6-13/h10-11H,1-9,12H2. The predicted octanol–water partition coefficient (Wildman–Crippen LogP) is 1.55. The summed E-state index contributed by atoms with van der Waals surface area (Å²) in [5.41, 5.74) is 6.25. The van der Waals surface area contributed by atoms with Gasteiger partial charge in [0.2, 0.25) is 0 Å². The van der Waals surface area contributed by atoms with Gasteiger partial charge in [0, 0.05) is 12.6 Å². The number of piperidine rings is 1. The summed E-state index contributed by atoms with van der Waals surface area (Å²) < 4.78 is 0. The van der Waals surface area contributed by atoms with E-state index in [9.17, 15) is 0 Å². The molecule has 14 heavy (non-hydrogen) atoms. The molecule has 0 amide bonds. The van der Waals surface area contributed by atoms with Gasteiger partial charge < -0.3 is 10.6 Å². The summed E-state index contributed by atoms with van der Waals surface area (Å²) in [6, 6.07) is 0.433. The van der Waals surface area contributed by atoms with E-state index in [2.05, 4.69) is 16.7 Å². The molecule has 2 aliphatic heterocycles. The Kier molecular flexibility index (Phi) is 4.14. The maximum Gasteiger partial charge on any atom is 0.0204 e. The predicted molar refractivity (Wildman–Crippen MR) is 63.7 cm³/mol. The molecule has 2 fully saturated rings. The molecule has 0 aromatic carbocycles. The minimum absolute atomic E-state index is 0.433. The molecule has 3 heteroatoms. The summed E-state index contributed by atoms with van der Waals surface area (Å²) in [6.45, 7) is 3.71. The topological polar surface area (TPSA) is 29.3 Å². The molecule has 2 unspecified atom stereocenters. The maximum atomic E-state index is 6.25. The Hall–Kier alpha value is 0.270. The SMILES string of the molecule is NC(CN1CCCCC1)C1CCSC1. The van der Waals surface area contributed by atoms with Gasteiger partial charge in [-0.15, -0.1) is 0 Å². The molecule has 2 N–H and O–H groups in total. The van der Waals surface area contributed by atoms with Crippen LogP contribution >= 0.6 is 11.8 Å². The molecule has 82 valence electrons. The Morgan fingerprint density at radius 1 is 1.29 bits per heavy atom. The van der Waals surface area contributed by atoms with E-state index in [0.29, 0.717) is 6.04 Å². The van der Waals surface area contributed by atoms with Crippen molar-refractivity contribution in [3.63, 3.8) is 0 Å². The van der Waals surface area contributed by atoms with Crippen LogP contribution in [0.5, 0.6) is 0 Å². The Bertz CT molecular complexity index is 163. The van der Waals surface area contributed by atoms with Gasteiger partial charge in [-0.3, -0.25) is 0 Å². The zero-order valence-corrected chi connectivity index (χ0v) is 9.77. The lowest BCUT2D eigenvalue weighted by molar-refractivity contribution is 0.200. The van der Waals surface area contributed by atoms with E-state index in [1.807, 2.05) is 0 Å². The van der Waals surface area contributed by atoms with Crippen molar-refractivity contribution < 1.29 is 0 Å². The molecule has 2 aliphatic rings. The van der Waals surface area contributed by atoms with Crippen LogP contribution in [-0.2, 0) is 0 Å². The third-order valence-corrected chi connectivity index (χ3v) is 4.68. The second kappa shape index (κ2) is 5.38. The molecule has 2 heterocycles. The van der Waals surface area contributed by atoms with Gasteiger partial charge in [0.1, 0.15) is 0 Å². The highest BCUT2D eigenvalue weighted by atomic mass is 32.2. The van der Waals surface area contributed by atoms with Crippen molar-refractivity contribution in [2.75, 3.05) is 31.1 Å². The van der Waals surface area contributed by atoms with Crippen LogP contribution in [0.15, 0.2) is 0 Å². The van der Waals surface area contributed by atoms with Crippen LogP contribution in [-0.4, -0.2) is 42.1 Å². The number of rotatable bonds is 3. The third kappa shape index (κ3) is 2.88. The van der Waals surface area contributed by atoms with E-state index in [1.165, 1.54) is 50.3 Å². The summed E-state index contributed by atoms with van der Waals surface area (Å²) in [4.78, 5) is 2.57. The first-order valence-corrected chi connectivity index (χ1v) is 7.07. The summed E-state index contributed by atoms with van der Waals surface area (Å²) >= 11 is 2.07. The molecule has 2 rings (SSSR count). The van der Waals surface area contributed by atoms with Crippen molar-refractivity contribution in [1.82, 2.24) is 4.90 Å². The van der Waals surface area contributed by atoms with Crippen molar-refractivity contribution >= 4 is 11.8 Å². The zero-order valence-electron chi connectivity index (χ0n) is 8.95. The molecular formula is C11H22N2S. The second-order valence-electron chi connectivity index (χ2n) is 4.65. The fraction of sp³-hybridized carbons (Fsp3) is 1.00. The normalized spacial score (nSPS) is 31.9. The summed E-state index contributed by atoms with van der Waals surface area (Å²) in [6.07, 6.45) is 5.53. The molecule has 0 bridgehead atoms. The van der Waals surface area contributed by atoms with Crippen molar-refractivity contribution in [3.05, 3.63) is 0 Å². The lowest BCUT2D eigenvalue weighted by Gasteiger charge is -2.30. The molecule has 2 nitrogen and oxygen atoms in total. The fourth-order valence-electron chi connectivity index (χ4n) is 2.48. The lowest BCUT2D eigenvalue weighted by atomic mass is 9.99. The van der Waals surface area contributed by atoms with Gasteiger partial charge in [-0.2, -0.15) is 11.8 Å². The summed E-state index contributed by atoms with van der Waals surface area (Å²) in [5.74, 6) is 3.43. The van der Waals surface area contributed by atoms with Crippen LogP contribution in [0.1, 0.15) is 25.7 Å². The van der Waals surface area contributed by atoms with Crippen LogP contribution in [0, 0.1) is 5.92 Å². The first-order valence-electron chi connectivity index (χ1n) is 5.92. The molecule has 2 saturated heterocycles. The molecule has 0 aromatic rings. The molecular weight excluding hydrogens is 192 g/mol. The minimum Gasteiger partial charge on any atom is -0.326 e. The first-order chi connectivity index (χ1) is 6.86. The monoisotopic (exact) mass is 214 g/mol. The minimum atomic E-state index is 0.433. The Labute approximate surface area is 91.6 Å². The third-order valence-electron chi connectivity index (χ3n) is 3.49. The van der Waals surface area contributed by atoms with Gasteiger partial charge in [-0.25, -0.2) is 0 Å². The second-order valence-corrected chi connectivity index (χ2v) is 5.80. The number of thioether (sulfide) groups is 1. The average Bonchev–Trinajstić information content (AvgIpc) is 2.72. The van der Waals surface area contributed by atoms with E-state index in [-0.39, 0.29) is 0 Å².